The van der Waals surface area contributed by atoms with Crippen molar-refractivity contribution in [3.63, 3.8) is 0 Å². The van der Waals surface area contributed by atoms with Gasteiger partial charge in [-0.25, -0.2) is 0 Å². The van der Waals surface area contributed by atoms with E-state index < -0.39 is 5.91 Å². The summed E-state index contributed by atoms with van der Waals surface area (Å²) in [4.78, 5) is 10.4. The van der Waals surface area contributed by atoms with Gasteiger partial charge in [-0.15, -0.1) is 0 Å². The van der Waals surface area contributed by atoms with Crippen molar-refractivity contribution in [3.05, 3.63) is 29.3 Å². The van der Waals surface area contributed by atoms with E-state index in [0.29, 0.717) is 11.3 Å². The molecule has 0 aromatic heterocycles. The predicted molar refractivity (Wildman–Crippen MR) is 56.3 cm³/mol. The molecule has 0 saturated heterocycles. The first-order valence-corrected chi connectivity index (χ1v) is 4.33. The van der Waals surface area contributed by atoms with Gasteiger partial charge in [-0.2, -0.15) is 0 Å². The lowest BCUT2D eigenvalue weighted by Gasteiger charge is -2.00. The quantitative estimate of drug-likeness (QED) is 0.502. The van der Waals surface area contributed by atoms with E-state index in [1.807, 2.05) is 19.1 Å². The number of primary amides is 1. The molecule has 3 heteroatoms. The number of hydrogen-bond acceptors (Lipinski definition) is 2. The molecule has 72 valence electrons. The third kappa shape index (κ3) is 2.53. The van der Waals surface area contributed by atoms with Gasteiger partial charge in [0.15, 0.2) is 0 Å². The van der Waals surface area contributed by atoms with Crippen LogP contribution in [-0.2, 0) is 11.2 Å². The minimum absolute atomic E-state index is 0.566. The first-order valence-electron chi connectivity index (χ1n) is 4.33. The van der Waals surface area contributed by atoms with E-state index >= 15 is 0 Å². The van der Waals surface area contributed by atoms with Gasteiger partial charge < -0.3 is 11.5 Å². The first kappa shape index (κ1) is 10.1. The average Bonchev–Trinajstić information content (AvgIpc) is 2.16. The van der Waals surface area contributed by atoms with Gasteiger partial charge in [0.25, 0.3) is 5.91 Å². The number of benzene rings is 1. The molecule has 0 bridgehead atoms. The fourth-order valence-electron chi connectivity index (χ4n) is 1.06. The van der Waals surface area contributed by atoms with Crippen LogP contribution in [0.2, 0.25) is 0 Å². The number of anilines is 1. The molecule has 1 aromatic rings. The van der Waals surface area contributed by atoms with E-state index in [1.165, 1.54) is 0 Å². The molecule has 4 N–H and O–H groups in total. The molecule has 0 aliphatic rings. The predicted octanol–water partition coefficient (Wildman–Crippen LogP) is 0.668. The number of nitrogens with two attached hydrogens (primary N) is 2. The summed E-state index contributed by atoms with van der Waals surface area (Å²) in [6.07, 6.45) is 0.908. The largest absolute Gasteiger partial charge is 0.398 e. The Balaban J connectivity index is 3.08. The van der Waals surface area contributed by atoms with Crippen LogP contribution in [0.15, 0.2) is 18.2 Å². The van der Waals surface area contributed by atoms with Gasteiger partial charge in [0, 0.05) is 17.2 Å². The van der Waals surface area contributed by atoms with E-state index in [9.17, 15) is 4.79 Å². The molecule has 0 atom stereocenters. The number of carbonyl (C=O) groups excluding carboxylic acids is 1. The highest BCUT2D eigenvalue weighted by atomic mass is 16.1. The van der Waals surface area contributed by atoms with Crippen molar-refractivity contribution in [2.24, 2.45) is 5.73 Å². The lowest BCUT2D eigenvalue weighted by atomic mass is 10.1. The third-order valence-electron chi connectivity index (χ3n) is 1.85. The molecule has 1 aromatic carbocycles. The van der Waals surface area contributed by atoms with Crippen LogP contribution in [0, 0.1) is 11.8 Å². The van der Waals surface area contributed by atoms with Crippen molar-refractivity contribution in [2.75, 3.05) is 5.73 Å². The number of hydrogen-bond donors (Lipinski definition) is 2. The molecule has 0 saturated carbocycles. The summed E-state index contributed by atoms with van der Waals surface area (Å²) in [5.74, 6) is 4.25. The van der Waals surface area contributed by atoms with Crippen LogP contribution in [0.5, 0.6) is 0 Å². The minimum Gasteiger partial charge on any atom is -0.398 e. The van der Waals surface area contributed by atoms with Crippen LogP contribution in [0.4, 0.5) is 5.69 Å². The molecule has 0 unspecified atom stereocenters. The maximum absolute atomic E-state index is 10.4. The van der Waals surface area contributed by atoms with Crippen molar-refractivity contribution < 1.29 is 4.79 Å². The van der Waals surface area contributed by atoms with Crippen molar-refractivity contribution in [3.8, 4) is 11.8 Å². The monoisotopic (exact) mass is 188 g/mol. The highest BCUT2D eigenvalue weighted by Gasteiger charge is 1.96. The molecule has 0 aliphatic heterocycles. The Hall–Kier alpha value is -1.95. The Morgan fingerprint density at radius 2 is 2.21 bits per heavy atom. The first-order chi connectivity index (χ1) is 6.63. The normalized spacial score (nSPS) is 8.93. The Bertz CT molecular complexity index is 413. The minimum atomic E-state index is -0.647. The second-order valence-electron chi connectivity index (χ2n) is 2.89. The standard InChI is InChI=1S/C11H12N2O/c1-2-8-3-5-10(12)9(7-8)4-6-11(13)14/h3,5,7H,2,12H2,1H3,(H2,13,14). The topological polar surface area (TPSA) is 69.1 Å². The molecule has 0 heterocycles. The summed E-state index contributed by atoms with van der Waals surface area (Å²) in [7, 11) is 0. The summed E-state index contributed by atoms with van der Waals surface area (Å²) in [5, 5.41) is 0. The summed E-state index contributed by atoms with van der Waals surface area (Å²) in [6, 6.07) is 5.58. The molecule has 0 fully saturated rings. The van der Waals surface area contributed by atoms with E-state index in [1.54, 1.807) is 6.07 Å². The molecule has 1 amide bonds. The highest BCUT2D eigenvalue weighted by Crippen LogP contribution is 2.13. The lowest BCUT2D eigenvalue weighted by Crippen LogP contribution is -2.06. The van der Waals surface area contributed by atoms with Crippen molar-refractivity contribution >= 4 is 11.6 Å². The highest BCUT2D eigenvalue weighted by molar-refractivity contribution is 5.92. The van der Waals surface area contributed by atoms with Gasteiger partial charge in [0.1, 0.15) is 0 Å². The van der Waals surface area contributed by atoms with Crippen molar-refractivity contribution in [1.29, 1.82) is 0 Å². The van der Waals surface area contributed by atoms with E-state index in [0.717, 1.165) is 12.0 Å². The van der Waals surface area contributed by atoms with Crippen LogP contribution in [0.25, 0.3) is 0 Å². The Morgan fingerprint density at radius 3 is 2.79 bits per heavy atom. The molecule has 0 aliphatic carbocycles. The molecular weight excluding hydrogens is 176 g/mol. The zero-order valence-corrected chi connectivity index (χ0v) is 8.00. The molecule has 1 rings (SSSR count). The summed E-state index contributed by atoms with van der Waals surface area (Å²) in [6.45, 7) is 2.04. The Labute approximate surface area is 83.1 Å². The molecule has 0 radical (unpaired) electrons. The summed E-state index contributed by atoms with van der Waals surface area (Å²) < 4.78 is 0. The molecule has 14 heavy (non-hydrogen) atoms. The van der Waals surface area contributed by atoms with Crippen LogP contribution >= 0.6 is 0 Å². The fourth-order valence-corrected chi connectivity index (χ4v) is 1.06. The maximum Gasteiger partial charge on any atom is 0.293 e. The lowest BCUT2D eigenvalue weighted by molar-refractivity contribution is -0.112. The van der Waals surface area contributed by atoms with E-state index in [4.69, 9.17) is 11.5 Å². The van der Waals surface area contributed by atoms with Gasteiger partial charge >= 0.3 is 0 Å². The second-order valence-corrected chi connectivity index (χ2v) is 2.89. The van der Waals surface area contributed by atoms with Gasteiger partial charge in [-0.05, 0) is 24.1 Å². The van der Waals surface area contributed by atoms with Gasteiger partial charge in [-0.3, -0.25) is 4.79 Å². The van der Waals surface area contributed by atoms with Crippen molar-refractivity contribution in [1.82, 2.24) is 0 Å². The summed E-state index contributed by atoms with van der Waals surface area (Å²) in [5.41, 5.74) is 12.9. The van der Waals surface area contributed by atoms with Crippen LogP contribution in [-0.4, -0.2) is 5.91 Å². The third-order valence-corrected chi connectivity index (χ3v) is 1.85. The van der Waals surface area contributed by atoms with Crippen LogP contribution < -0.4 is 11.5 Å². The second kappa shape index (κ2) is 4.33. The fraction of sp³-hybridized carbons (Fsp3) is 0.182. The van der Waals surface area contributed by atoms with Gasteiger partial charge in [0.2, 0.25) is 0 Å². The number of aryl methyl sites for hydroxylation is 1. The SMILES string of the molecule is CCc1ccc(N)c(C#CC(N)=O)c1. The molecule has 3 nitrogen and oxygen atoms in total. The molecule has 0 spiro atoms. The van der Waals surface area contributed by atoms with Gasteiger partial charge in [-0.1, -0.05) is 18.9 Å². The van der Waals surface area contributed by atoms with Crippen molar-refractivity contribution in [2.45, 2.75) is 13.3 Å². The Morgan fingerprint density at radius 1 is 1.50 bits per heavy atom. The maximum atomic E-state index is 10.4. The molecular formula is C11H12N2O. The Kier molecular flexibility index (Phi) is 3.14. The zero-order valence-electron chi connectivity index (χ0n) is 8.00. The zero-order chi connectivity index (χ0) is 10.6. The number of carbonyl (C=O) groups is 1. The number of amides is 1. The average molecular weight is 188 g/mol. The van der Waals surface area contributed by atoms with Crippen LogP contribution in [0.1, 0.15) is 18.1 Å². The number of rotatable bonds is 1. The van der Waals surface area contributed by atoms with E-state index in [-0.39, 0.29) is 0 Å². The summed E-state index contributed by atoms with van der Waals surface area (Å²) >= 11 is 0. The van der Waals surface area contributed by atoms with Gasteiger partial charge in [0.05, 0.1) is 0 Å². The number of nitrogen functional groups attached to an aromatic ring is 1. The van der Waals surface area contributed by atoms with Crippen LogP contribution in [0.3, 0.4) is 0 Å². The van der Waals surface area contributed by atoms with E-state index in [2.05, 4.69) is 11.8 Å². The smallest absolute Gasteiger partial charge is 0.293 e.